The fourth-order valence-corrected chi connectivity index (χ4v) is 3.71. The number of benzene rings is 2. The second kappa shape index (κ2) is 8.88. The predicted molar refractivity (Wildman–Crippen MR) is 110 cm³/mol. The van der Waals surface area contributed by atoms with E-state index < -0.39 is 0 Å². The average Bonchev–Trinajstić information content (AvgIpc) is 3.06. The molecular formula is C20H24N4O3S. The zero-order valence-electron chi connectivity index (χ0n) is 16.4. The maximum atomic E-state index is 6.21. The van der Waals surface area contributed by atoms with Crippen molar-refractivity contribution in [1.29, 1.82) is 0 Å². The van der Waals surface area contributed by atoms with Crippen LogP contribution in [0, 0.1) is 6.92 Å². The van der Waals surface area contributed by atoms with E-state index in [1.807, 2.05) is 43.3 Å². The Morgan fingerprint density at radius 3 is 2.29 bits per heavy atom. The van der Waals surface area contributed by atoms with Gasteiger partial charge in [-0.1, -0.05) is 23.9 Å². The minimum absolute atomic E-state index is 0.601. The van der Waals surface area contributed by atoms with Crippen LogP contribution in [0.2, 0.25) is 0 Å². The standard InChI is InChI=1S/C20H24N4O3S/c1-13-9-17(26-3)18(27-4)11-15(13)12-28-20-23-22-19(24(20)21)10-14-5-7-16(25-2)8-6-14/h5-9,11H,10,12,21H2,1-4H3. The van der Waals surface area contributed by atoms with Crippen molar-refractivity contribution in [3.63, 3.8) is 0 Å². The fourth-order valence-electron chi connectivity index (χ4n) is 2.77. The Morgan fingerprint density at radius 1 is 0.964 bits per heavy atom. The van der Waals surface area contributed by atoms with Crippen LogP contribution in [-0.2, 0) is 12.2 Å². The number of methoxy groups -OCH3 is 3. The molecule has 7 nitrogen and oxygen atoms in total. The third kappa shape index (κ3) is 4.33. The first kappa shape index (κ1) is 19.9. The van der Waals surface area contributed by atoms with Gasteiger partial charge in [-0.25, -0.2) is 4.68 Å². The van der Waals surface area contributed by atoms with Crippen LogP contribution in [0.25, 0.3) is 0 Å². The van der Waals surface area contributed by atoms with E-state index in [4.69, 9.17) is 20.1 Å². The molecule has 3 aromatic rings. The minimum atomic E-state index is 0.601. The van der Waals surface area contributed by atoms with Crippen molar-refractivity contribution < 1.29 is 14.2 Å². The SMILES string of the molecule is COc1ccc(Cc2nnc(SCc3cc(OC)c(OC)cc3C)n2N)cc1. The summed E-state index contributed by atoms with van der Waals surface area (Å²) in [6.07, 6.45) is 0.601. The number of aromatic nitrogens is 3. The van der Waals surface area contributed by atoms with Gasteiger partial charge in [-0.15, -0.1) is 10.2 Å². The number of nitrogen functional groups attached to an aromatic ring is 1. The van der Waals surface area contributed by atoms with Gasteiger partial charge in [-0.2, -0.15) is 0 Å². The maximum absolute atomic E-state index is 6.21. The first-order valence-electron chi connectivity index (χ1n) is 8.72. The monoisotopic (exact) mass is 400 g/mol. The van der Waals surface area contributed by atoms with Crippen LogP contribution in [-0.4, -0.2) is 36.2 Å². The van der Waals surface area contributed by atoms with Crippen LogP contribution in [0.4, 0.5) is 0 Å². The van der Waals surface area contributed by atoms with Gasteiger partial charge in [0.2, 0.25) is 5.16 Å². The molecule has 0 aliphatic rings. The van der Waals surface area contributed by atoms with E-state index in [-0.39, 0.29) is 0 Å². The van der Waals surface area contributed by atoms with Crippen molar-refractivity contribution in [1.82, 2.24) is 14.9 Å². The molecule has 0 atom stereocenters. The summed E-state index contributed by atoms with van der Waals surface area (Å²) in [7, 11) is 4.91. The van der Waals surface area contributed by atoms with Crippen molar-refractivity contribution in [2.24, 2.45) is 0 Å². The van der Waals surface area contributed by atoms with Crippen LogP contribution in [0.15, 0.2) is 41.6 Å². The fraction of sp³-hybridized carbons (Fsp3) is 0.300. The third-order valence-corrected chi connectivity index (χ3v) is 5.45. The number of thioether (sulfide) groups is 1. The van der Waals surface area contributed by atoms with Gasteiger partial charge in [0.05, 0.1) is 21.3 Å². The maximum Gasteiger partial charge on any atom is 0.210 e. The van der Waals surface area contributed by atoms with Crippen LogP contribution in [0.3, 0.4) is 0 Å². The molecule has 1 aromatic heterocycles. The van der Waals surface area contributed by atoms with E-state index in [1.165, 1.54) is 11.8 Å². The van der Waals surface area contributed by atoms with Crippen LogP contribution in [0.5, 0.6) is 17.2 Å². The van der Waals surface area contributed by atoms with E-state index in [0.29, 0.717) is 28.9 Å². The van der Waals surface area contributed by atoms with Crippen molar-refractivity contribution in [2.75, 3.05) is 27.2 Å². The molecule has 0 aliphatic heterocycles. The van der Waals surface area contributed by atoms with Gasteiger partial charge in [0.15, 0.2) is 17.3 Å². The molecule has 1 heterocycles. The summed E-state index contributed by atoms with van der Waals surface area (Å²) in [5, 5.41) is 9.14. The Kier molecular flexibility index (Phi) is 6.30. The Labute approximate surface area is 168 Å². The Morgan fingerprint density at radius 2 is 1.64 bits per heavy atom. The zero-order valence-corrected chi connectivity index (χ0v) is 17.2. The molecule has 0 spiro atoms. The van der Waals surface area contributed by atoms with Gasteiger partial charge in [-0.3, -0.25) is 0 Å². The number of nitrogens with two attached hydrogens (primary N) is 1. The smallest absolute Gasteiger partial charge is 0.210 e. The van der Waals surface area contributed by atoms with Gasteiger partial charge in [0.25, 0.3) is 0 Å². The van der Waals surface area contributed by atoms with Crippen molar-refractivity contribution in [2.45, 2.75) is 24.3 Å². The molecule has 0 aliphatic carbocycles. The normalized spacial score (nSPS) is 10.7. The quantitative estimate of drug-likeness (QED) is 0.459. The molecule has 0 saturated heterocycles. The van der Waals surface area contributed by atoms with Crippen molar-refractivity contribution in [3.05, 3.63) is 58.9 Å². The van der Waals surface area contributed by atoms with E-state index in [0.717, 1.165) is 28.2 Å². The van der Waals surface area contributed by atoms with Crippen LogP contribution < -0.4 is 20.1 Å². The number of hydrogen-bond donors (Lipinski definition) is 1. The molecule has 2 aromatic carbocycles. The highest BCUT2D eigenvalue weighted by molar-refractivity contribution is 7.98. The lowest BCUT2D eigenvalue weighted by Gasteiger charge is -2.12. The number of hydrogen-bond acceptors (Lipinski definition) is 7. The number of aryl methyl sites for hydroxylation is 1. The molecule has 0 unspecified atom stereocenters. The number of ether oxygens (including phenoxy) is 3. The largest absolute Gasteiger partial charge is 0.497 e. The number of nitrogens with zero attached hydrogens (tertiary/aromatic N) is 3. The molecule has 0 amide bonds. The van der Waals surface area contributed by atoms with Crippen molar-refractivity contribution >= 4 is 11.8 Å². The summed E-state index contributed by atoms with van der Waals surface area (Å²) >= 11 is 1.53. The highest BCUT2D eigenvalue weighted by Gasteiger charge is 2.13. The Bertz CT molecular complexity index is 941. The van der Waals surface area contributed by atoms with Gasteiger partial charge >= 0.3 is 0 Å². The van der Waals surface area contributed by atoms with Gasteiger partial charge in [0.1, 0.15) is 5.75 Å². The van der Waals surface area contributed by atoms with E-state index in [2.05, 4.69) is 10.2 Å². The molecule has 148 valence electrons. The lowest BCUT2D eigenvalue weighted by molar-refractivity contribution is 0.354. The lowest BCUT2D eigenvalue weighted by atomic mass is 10.1. The number of rotatable bonds is 8. The predicted octanol–water partition coefficient (Wildman–Crippen LogP) is 3.21. The zero-order chi connectivity index (χ0) is 20.1. The highest BCUT2D eigenvalue weighted by atomic mass is 32.2. The summed E-state index contributed by atoms with van der Waals surface area (Å²) in [6, 6.07) is 11.8. The van der Waals surface area contributed by atoms with Gasteiger partial charge in [-0.05, 0) is 47.9 Å². The van der Waals surface area contributed by atoms with E-state index in [9.17, 15) is 0 Å². The Balaban J connectivity index is 1.70. The summed E-state index contributed by atoms with van der Waals surface area (Å²) < 4.78 is 17.5. The van der Waals surface area contributed by atoms with E-state index >= 15 is 0 Å². The molecule has 28 heavy (non-hydrogen) atoms. The molecule has 8 heteroatoms. The second-order valence-corrected chi connectivity index (χ2v) is 7.16. The average molecular weight is 401 g/mol. The Hall–Kier alpha value is -2.87. The first-order chi connectivity index (χ1) is 13.5. The molecule has 0 fully saturated rings. The molecule has 0 radical (unpaired) electrons. The van der Waals surface area contributed by atoms with Crippen LogP contribution in [0.1, 0.15) is 22.5 Å². The first-order valence-corrected chi connectivity index (χ1v) is 9.70. The molecule has 3 rings (SSSR count). The summed E-state index contributed by atoms with van der Waals surface area (Å²) in [4.78, 5) is 0. The lowest BCUT2D eigenvalue weighted by Crippen LogP contribution is -2.14. The van der Waals surface area contributed by atoms with Crippen LogP contribution >= 0.6 is 11.8 Å². The summed E-state index contributed by atoms with van der Waals surface area (Å²) in [5.74, 6) is 9.86. The van der Waals surface area contributed by atoms with Gasteiger partial charge < -0.3 is 20.1 Å². The highest BCUT2D eigenvalue weighted by Crippen LogP contribution is 2.33. The van der Waals surface area contributed by atoms with E-state index in [1.54, 1.807) is 26.0 Å². The van der Waals surface area contributed by atoms with Gasteiger partial charge in [0, 0.05) is 12.2 Å². The summed E-state index contributed by atoms with van der Waals surface area (Å²) in [6.45, 7) is 2.04. The molecule has 0 bridgehead atoms. The second-order valence-electron chi connectivity index (χ2n) is 6.22. The minimum Gasteiger partial charge on any atom is -0.497 e. The summed E-state index contributed by atoms with van der Waals surface area (Å²) in [5.41, 5.74) is 3.33. The third-order valence-electron chi connectivity index (χ3n) is 4.46. The molecular weight excluding hydrogens is 376 g/mol. The van der Waals surface area contributed by atoms with Crippen molar-refractivity contribution in [3.8, 4) is 17.2 Å². The molecule has 2 N–H and O–H groups in total. The topological polar surface area (TPSA) is 84.4 Å². The molecule has 0 saturated carbocycles.